The number of aryl methyl sites for hydroxylation is 1. The number of carbonyl (C=O) groups excluding carboxylic acids is 1. The second-order valence-corrected chi connectivity index (χ2v) is 6.21. The molecule has 0 atom stereocenters. The van der Waals surface area contributed by atoms with Crippen molar-refractivity contribution >= 4 is 11.7 Å². The summed E-state index contributed by atoms with van der Waals surface area (Å²) in [4.78, 5) is 23.1. The first kappa shape index (κ1) is 17.2. The van der Waals surface area contributed by atoms with Gasteiger partial charge in [0.05, 0.1) is 6.54 Å². The molecule has 1 aromatic carbocycles. The number of hydrogen-bond donors (Lipinski definition) is 1. The van der Waals surface area contributed by atoms with E-state index in [2.05, 4.69) is 20.2 Å². The second kappa shape index (κ2) is 8.46. The van der Waals surface area contributed by atoms with Gasteiger partial charge in [-0.05, 0) is 43.9 Å². The number of hydrogen-bond acceptors (Lipinski definition) is 5. The summed E-state index contributed by atoms with van der Waals surface area (Å²) >= 11 is 0. The van der Waals surface area contributed by atoms with Crippen molar-refractivity contribution in [2.75, 3.05) is 24.6 Å². The van der Waals surface area contributed by atoms with Crippen LogP contribution < -0.4 is 15.0 Å². The number of carbonyl (C=O) groups is 1. The number of anilines is 1. The maximum Gasteiger partial charge on any atom is 0.258 e. The molecule has 0 bridgehead atoms. The zero-order valence-electron chi connectivity index (χ0n) is 14.6. The van der Waals surface area contributed by atoms with Gasteiger partial charge in [-0.3, -0.25) is 4.79 Å². The molecule has 132 valence electrons. The highest BCUT2D eigenvalue weighted by atomic mass is 16.5. The highest BCUT2D eigenvalue weighted by Gasteiger charge is 2.13. The SMILES string of the molecule is Cc1ccccc1OCC(=O)NCc1nccc(N2CCCCC2)n1. The fourth-order valence-corrected chi connectivity index (χ4v) is 2.86. The van der Waals surface area contributed by atoms with E-state index in [1.54, 1.807) is 6.20 Å². The maximum atomic E-state index is 12.0. The first-order valence-electron chi connectivity index (χ1n) is 8.74. The van der Waals surface area contributed by atoms with Crippen molar-refractivity contribution in [1.82, 2.24) is 15.3 Å². The third kappa shape index (κ3) is 4.92. The van der Waals surface area contributed by atoms with Gasteiger partial charge in [0.1, 0.15) is 17.4 Å². The summed E-state index contributed by atoms with van der Waals surface area (Å²) in [6, 6.07) is 9.56. The van der Waals surface area contributed by atoms with Crippen LogP contribution in [0.4, 0.5) is 5.82 Å². The highest BCUT2D eigenvalue weighted by Crippen LogP contribution is 2.17. The molecule has 1 amide bonds. The number of aromatic nitrogens is 2. The highest BCUT2D eigenvalue weighted by molar-refractivity contribution is 5.77. The van der Waals surface area contributed by atoms with Gasteiger partial charge in [-0.25, -0.2) is 9.97 Å². The quantitative estimate of drug-likeness (QED) is 0.875. The summed E-state index contributed by atoms with van der Waals surface area (Å²) in [6.07, 6.45) is 5.44. The van der Waals surface area contributed by atoms with Crippen molar-refractivity contribution in [3.8, 4) is 5.75 Å². The van der Waals surface area contributed by atoms with Gasteiger partial charge in [-0.2, -0.15) is 0 Å². The minimum Gasteiger partial charge on any atom is -0.484 e. The van der Waals surface area contributed by atoms with Gasteiger partial charge < -0.3 is 15.0 Å². The van der Waals surface area contributed by atoms with Crippen LogP contribution in [-0.2, 0) is 11.3 Å². The van der Waals surface area contributed by atoms with Crippen LogP contribution in [0, 0.1) is 6.92 Å². The third-order valence-corrected chi connectivity index (χ3v) is 4.27. The van der Waals surface area contributed by atoms with Crippen molar-refractivity contribution in [3.63, 3.8) is 0 Å². The summed E-state index contributed by atoms with van der Waals surface area (Å²) in [6.45, 7) is 4.31. The molecule has 1 aliphatic rings. The predicted molar refractivity (Wildman–Crippen MR) is 96.6 cm³/mol. The molecule has 0 unspecified atom stereocenters. The van der Waals surface area contributed by atoms with Crippen LogP contribution in [0.3, 0.4) is 0 Å². The Bertz CT molecular complexity index is 714. The van der Waals surface area contributed by atoms with E-state index in [0.29, 0.717) is 12.4 Å². The minimum absolute atomic E-state index is 0.0172. The Labute approximate surface area is 148 Å². The van der Waals surface area contributed by atoms with Crippen molar-refractivity contribution in [2.24, 2.45) is 0 Å². The second-order valence-electron chi connectivity index (χ2n) is 6.21. The molecule has 6 nitrogen and oxygen atoms in total. The molecule has 0 saturated carbocycles. The van der Waals surface area contributed by atoms with Crippen LogP contribution in [0.2, 0.25) is 0 Å². The van der Waals surface area contributed by atoms with Gasteiger partial charge in [-0.15, -0.1) is 0 Å². The van der Waals surface area contributed by atoms with Gasteiger partial charge in [-0.1, -0.05) is 18.2 Å². The summed E-state index contributed by atoms with van der Waals surface area (Å²) in [5.41, 5.74) is 1.01. The van der Waals surface area contributed by atoms with Gasteiger partial charge in [0.2, 0.25) is 0 Å². The molecule has 3 rings (SSSR count). The molecule has 0 aliphatic carbocycles. The molecule has 0 spiro atoms. The molecule has 0 radical (unpaired) electrons. The lowest BCUT2D eigenvalue weighted by atomic mass is 10.1. The molecule has 1 fully saturated rings. The van der Waals surface area contributed by atoms with Crippen LogP contribution in [0.1, 0.15) is 30.7 Å². The predicted octanol–water partition coefficient (Wildman–Crippen LogP) is 2.47. The van der Waals surface area contributed by atoms with Crippen LogP contribution in [0.5, 0.6) is 5.75 Å². The van der Waals surface area contributed by atoms with Crippen molar-refractivity contribution in [2.45, 2.75) is 32.7 Å². The number of benzene rings is 1. The molecule has 6 heteroatoms. The standard InChI is InChI=1S/C19H24N4O2/c1-15-7-3-4-8-16(15)25-14-19(24)21-13-17-20-10-9-18(22-17)23-11-5-2-6-12-23/h3-4,7-10H,2,5-6,11-14H2,1H3,(H,21,24). The Hall–Kier alpha value is -2.63. The molecule has 1 aromatic heterocycles. The Morgan fingerprint density at radius 2 is 2.00 bits per heavy atom. The van der Waals surface area contributed by atoms with Gasteiger partial charge >= 0.3 is 0 Å². The third-order valence-electron chi connectivity index (χ3n) is 4.27. The Morgan fingerprint density at radius 1 is 1.20 bits per heavy atom. The van der Waals surface area contributed by atoms with E-state index in [0.717, 1.165) is 30.2 Å². The van der Waals surface area contributed by atoms with E-state index in [1.165, 1.54) is 19.3 Å². The summed E-state index contributed by atoms with van der Waals surface area (Å²) in [7, 11) is 0. The number of ether oxygens (including phenoxy) is 1. The molecule has 1 saturated heterocycles. The lowest BCUT2D eigenvalue weighted by molar-refractivity contribution is -0.123. The first-order chi connectivity index (χ1) is 12.2. The minimum atomic E-state index is -0.185. The Balaban J connectivity index is 1.49. The first-order valence-corrected chi connectivity index (χ1v) is 8.74. The average molecular weight is 340 g/mol. The van der Waals surface area contributed by atoms with Crippen LogP contribution >= 0.6 is 0 Å². The van der Waals surface area contributed by atoms with Crippen molar-refractivity contribution in [1.29, 1.82) is 0 Å². The zero-order chi connectivity index (χ0) is 17.5. The summed E-state index contributed by atoms with van der Waals surface area (Å²) < 4.78 is 5.54. The largest absolute Gasteiger partial charge is 0.484 e. The fraction of sp³-hybridized carbons (Fsp3) is 0.421. The van der Waals surface area contributed by atoms with Gasteiger partial charge in [0.15, 0.2) is 6.61 Å². The summed E-state index contributed by atoms with van der Waals surface area (Å²) in [5.74, 6) is 2.10. The number of amides is 1. The Kier molecular flexibility index (Phi) is 5.82. The van der Waals surface area contributed by atoms with E-state index in [1.807, 2.05) is 37.3 Å². The monoisotopic (exact) mass is 340 g/mol. The number of para-hydroxylation sites is 1. The van der Waals surface area contributed by atoms with E-state index in [4.69, 9.17) is 4.74 Å². The molecule has 25 heavy (non-hydrogen) atoms. The number of nitrogens with one attached hydrogen (secondary N) is 1. The zero-order valence-corrected chi connectivity index (χ0v) is 14.6. The van der Waals surface area contributed by atoms with Crippen molar-refractivity contribution < 1.29 is 9.53 Å². The lowest BCUT2D eigenvalue weighted by Crippen LogP contribution is -2.31. The van der Waals surface area contributed by atoms with E-state index in [-0.39, 0.29) is 12.5 Å². The lowest BCUT2D eigenvalue weighted by Gasteiger charge is -2.27. The number of nitrogens with zero attached hydrogens (tertiary/aromatic N) is 3. The van der Waals surface area contributed by atoms with Crippen molar-refractivity contribution in [3.05, 3.63) is 47.9 Å². The molecular weight excluding hydrogens is 316 g/mol. The van der Waals surface area contributed by atoms with Crippen LogP contribution in [-0.4, -0.2) is 35.6 Å². The molecule has 2 heterocycles. The smallest absolute Gasteiger partial charge is 0.258 e. The Morgan fingerprint density at radius 3 is 2.80 bits per heavy atom. The topological polar surface area (TPSA) is 67.3 Å². The molecule has 1 N–H and O–H groups in total. The normalized spacial score (nSPS) is 14.2. The fourth-order valence-electron chi connectivity index (χ4n) is 2.86. The molecular formula is C19H24N4O2. The van der Waals surface area contributed by atoms with E-state index in [9.17, 15) is 4.79 Å². The molecule has 2 aromatic rings. The van der Waals surface area contributed by atoms with Crippen LogP contribution in [0.15, 0.2) is 36.5 Å². The van der Waals surface area contributed by atoms with E-state index >= 15 is 0 Å². The number of rotatable bonds is 6. The maximum absolute atomic E-state index is 12.0. The summed E-state index contributed by atoms with van der Waals surface area (Å²) in [5, 5.41) is 2.81. The van der Waals surface area contributed by atoms with E-state index < -0.39 is 0 Å². The average Bonchev–Trinajstić information content (AvgIpc) is 2.67. The number of piperidine rings is 1. The molecule has 1 aliphatic heterocycles. The van der Waals surface area contributed by atoms with Gasteiger partial charge in [0.25, 0.3) is 5.91 Å². The van der Waals surface area contributed by atoms with Crippen LogP contribution in [0.25, 0.3) is 0 Å². The van der Waals surface area contributed by atoms with Gasteiger partial charge in [0, 0.05) is 19.3 Å².